The van der Waals surface area contributed by atoms with Gasteiger partial charge in [-0.2, -0.15) is 0 Å². The van der Waals surface area contributed by atoms with E-state index in [4.69, 9.17) is 4.74 Å². The molecular formula is C57H68N6O6. The number of nitrogens with zero attached hydrogens (tertiary/aromatic N) is 3. The number of ether oxygens (including phenoxy) is 2. The number of amides is 4. The van der Waals surface area contributed by atoms with Gasteiger partial charge in [0.15, 0.2) is 0 Å². The second kappa shape index (κ2) is 25.9. The van der Waals surface area contributed by atoms with Gasteiger partial charge in [0.25, 0.3) is 11.8 Å². The van der Waals surface area contributed by atoms with Crippen LogP contribution in [-0.2, 0) is 16.0 Å². The molecule has 0 unspecified atom stereocenters. The average Bonchev–Trinajstić information content (AvgIpc) is 3.39. The SMILES string of the molecule is CCN(CC)C(=O)c1ccc(C(=C2CCN(Cc3ccccc3)CC2)c2ccc(NC(=O)OC)cc2)cc1.CCN(CC)C(=O)c1ccc(C(=C2CCNCC2)c2ccc(NC(=O)OC)cc2)cc1. The molecule has 0 aliphatic carbocycles. The Labute approximate surface area is 408 Å². The van der Waals surface area contributed by atoms with E-state index in [0.29, 0.717) is 48.7 Å². The van der Waals surface area contributed by atoms with Gasteiger partial charge in [-0.15, -0.1) is 0 Å². The molecule has 69 heavy (non-hydrogen) atoms. The van der Waals surface area contributed by atoms with Crippen molar-refractivity contribution in [2.24, 2.45) is 0 Å². The molecular weight excluding hydrogens is 865 g/mol. The number of hydrogen-bond donors (Lipinski definition) is 3. The highest BCUT2D eigenvalue weighted by atomic mass is 16.5. The Morgan fingerprint density at radius 1 is 0.493 bits per heavy atom. The van der Waals surface area contributed by atoms with Gasteiger partial charge in [0.05, 0.1) is 14.2 Å². The number of carbonyl (C=O) groups is 4. The summed E-state index contributed by atoms with van der Waals surface area (Å²) in [6, 6.07) is 42.2. The average molecular weight is 933 g/mol. The van der Waals surface area contributed by atoms with Crippen LogP contribution in [0.2, 0.25) is 0 Å². The molecule has 7 rings (SSSR count). The van der Waals surface area contributed by atoms with Crippen molar-refractivity contribution in [3.8, 4) is 0 Å². The minimum Gasteiger partial charge on any atom is -0.453 e. The first-order chi connectivity index (χ1) is 33.6. The zero-order valence-corrected chi connectivity index (χ0v) is 41.1. The normalized spacial score (nSPS) is 13.5. The van der Waals surface area contributed by atoms with Crippen LogP contribution >= 0.6 is 0 Å². The van der Waals surface area contributed by atoms with Crippen molar-refractivity contribution in [2.75, 3.05) is 77.2 Å². The fraction of sp³-hybridized carbons (Fsp3) is 0.333. The Morgan fingerprint density at radius 3 is 1.20 bits per heavy atom. The van der Waals surface area contributed by atoms with Gasteiger partial charge in [0.1, 0.15) is 0 Å². The molecule has 0 spiro atoms. The summed E-state index contributed by atoms with van der Waals surface area (Å²) in [6.45, 7) is 15.6. The van der Waals surface area contributed by atoms with Crippen LogP contribution in [0.4, 0.5) is 21.0 Å². The topological polar surface area (TPSA) is 133 Å². The maximum atomic E-state index is 12.9. The number of carbonyl (C=O) groups excluding carboxylic acids is 4. The van der Waals surface area contributed by atoms with Gasteiger partial charge in [-0.25, -0.2) is 9.59 Å². The van der Waals surface area contributed by atoms with Crippen LogP contribution < -0.4 is 16.0 Å². The number of piperidine rings is 2. The highest BCUT2D eigenvalue weighted by Crippen LogP contribution is 2.35. The predicted molar refractivity (Wildman–Crippen MR) is 277 cm³/mol. The summed E-state index contributed by atoms with van der Waals surface area (Å²) >= 11 is 0. The summed E-state index contributed by atoms with van der Waals surface area (Å²) in [5.41, 5.74) is 13.7. The van der Waals surface area contributed by atoms with Gasteiger partial charge >= 0.3 is 12.2 Å². The van der Waals surface area contributed by atoms with E-state index in [1.807, 2.05) is 122 Å². The third kappa shape index (κ3) is 14.0. The van der Waals surface area contributed by atoms with Crippen molar-refractivity contribution in [1.82, 2.24) is 20.0 Å². The van der Waals surface area contributed by atoms with E-state index in [-0.39, 0.29) is 11.8 Å². The molecule has 5 aromatic rings. The second-order valence-electron chi connectivity index (χ2n) is 17.0. The number of nitrogens with one attached hydrogen (secondary N) is 3. The highest BCUT2D eigenvalue weighted by Gasteiger charge is 2.22. The van der Waals surface area contributed by atoms with Crippen LogP contribution in [0.1, 0.15) is 102 Å². The predicted octanol–water partition coefficient (Wildman–Crippen LogP) is 11.0. The molecule has 12 nitrogen and oxygen atoms in total. The van der Waals surface area contributed by atoms with Crippen molar-refractivity contribution < 1.29 is 28.7 Å². The molecule has 0 atom stereocenters. The Morgan fingerprint density at radius 2 is 0.841 bits per heavy atom. The van der Waals surface area contributed by atoms with E-state index in [1.165, 1.54) is 42.1 Å². The number of methoxy groups -OCH3 is 2. The lowest BCUT2D eigenvalue weighted by molar-refractivity contribution is 0.0765. The van der Waals surface area contributed by atoms with Gasteiger partial charge in [-0.05, 0) is 154 Å². The van der Waals surface area contributed by atoms with E-state index in [2.05, 4.69) is 68.1 Å². The molecule has 2 aliphatic rings. The fourth-order valence-electron chi connectivity index (χ4n) is 8.93. The van der Waals surface area contributed by atoms with Crippen molar-refractivity contribution >= 4 is 46.5 Å². The molecule has 0 bridgehead atoms. The van der Waals surface area contributed by atoms with E-state index in [0.717, 1.165) is 80.7 Å². The van der Waals surface area contributed by atoms with Crippen LogP contribution in [0, 0.1) is 0 Å². The summed E-state index contributed by atoms with van der Waals surface area (Å²) < 4.78 is 9.38. The Kier molecular flexibility index (Phi) is 19.3. The maximum Gasteiger partial charge on any atom is 0.411 e. The zero-order chi connectivity index (χ0) is 49.1. The molecule has 4 amide bonds. The standard InChI is InChI=1S/C32H37N3O3.C25H31N3O3/c1-4-35(5-2)31(36)28-13-11-25(12-14-28)30(26-15-17-29(18-16-26)33-32(37)38-3)27-19-21-34(22-20-27)23-24-9-7-6-8-10-24;1-4-28(5-2)24(29)21-8-6-18(7-9-21)23(20-14-16-26-17-15-20)19-10-12-22(13-11-19)27-25(30)31-3/h6-18H,4-5,19-23H2,1-3H3,(H,33,37);6-13,26H,4-5,14-17H2,1-3H3,(H,27,30). The Bertz CT molecular complexity index is 2510. The number of benzene rings is 5. The third-order valence-corrected chi connectivity index (χ3v) is 12.8. The molecule has 0 radical (unpaired) electrons. The summed E-state index contributed by atoms with van der Waals surface area (Å²) in [6.07, 6.45) is 2.94. The molecule has 2 heterocycles. The van der Waals surface area contributed by atoms with Gasteiger partial charge in [0.2, 0.25) is 0 Å². The van der Waals surface area contributed by atoms with Crippen LogP contribution in [0.25, 0.3) is 11.1 Å². The summed E-state index contributed by atoms with van der Waals surface area (Å²) in [5.74, 6) is 0.120. The molecule has 2 fully saturated rings. The van der Waals surface area contributed by atoms with Gasteiger partial charge in [-0.1, -0.05) is 90.0 Å². The van der Waals surface area contributed by atoms with Crippen LogP contribution in [0.5, 0.6) is 0 Å². The lowest BCUT2D eigenvalue weighted by atomic mass is 9.88. The number of rotatable bonds is 14. The molecule has 0 saturated carbocycles. The quantitative estimate of drug-likeness (QED) is 0.100. The Balaban J connectivity index is 0.000000232. The number of likely N-dealkylation sites (tertiary alicyclic amines) is 1. The first-order valence-electron chi connectivity index (χ1n) is 24.2. The molecule has 3 N–H and O–H groups in total. The third-order valence-electron chi connectivity index (χ3n) is 12.8. The lowest BCUT2D eigenvalue weighted by Gasteiger charge is -2.30. The fourth-order valence-corrected chi connectivity index (χ4v) is 8.93. The number of anilines is 2. The molecule has 2 aliphatic heterocycles. The largest absolute Gasteiger partial charge is 0.453 e. The van der Waals surface area contributed by atoms with Crippen LogP contribution in [-0.4, -0.2) is 105 Å². The smallest absolute Gasteiger partial charge is 0.411 e. The van der Waals surface area contributed by atoms with Crippen molar-refractivity contribution in [1.29, 1.82) is 0 Å². The molecule has 5 aromatic carbocycles. The Hall–Kier alpha value is -7.02. The second-order valence-corrected chi connectivity index (χ2v) is 17.0. The summed E-state index contributed by atoms with van der Waals surface area (Å²) in [7, 11) is 2.70. The van der Waals surface area contributed by atoms with Gasteiger partial charge in [0, 0.05) is 68.3 Å². The van der Waals surface area contributed by atoms with Crippen LogP contribution in [0.15, 0.2) is 139 Å². The van der Waals surface area contributed by atoms with Gasteiger partial charge < -0.3 is 24.6 Å². The van der Waals surface area contributed by atoms with Crippen LogP contribution in [0.3, 0.4) is 0 Å². The van der Waals surface area contributed by atoms with E-state index in [1.54, 1.807) is 0 Å². The summed E-state index contributed by atoms with van der Waals surface area (Å²) in [4.78, 5) is 54.8. The van der Waals surface area contributed by atoms with E-state index in [9.17, 15) is 19.2 Å². The maximum absolute atomic E-state index is 12.9. The first kappa shape index (κ1) is 51.4. The number of hydrogen-bond acceptors (Lipinski definition) is 8. The minimum atomic E-state index is -0.490. The van der Waals surface area contributed by atoms with E-state index >= 15 is 0 Å². The minimum absolute atomic E-state index is 0.0585. The van der Waals surface area contributed by atoms with E-state index < -0.39 is 12.2 Å². The summed E-state index contributed by atoms with van der Waals surface area (Å²) in [5, 5.41) is 8.82. The molecule has 362 valence electrons. The highest BCUT2D eigenvalue weighted by molar-refractivity contribution is 5.96. The van der Waals surface area contributed by atoms with Crippen molar-refractivity contribution in [3.05, 3.63) is 177 Å². The first-order valence-corrected chi connectivity index (χ1v) is 24.2. The monoisotopic (exact) mass is 933 g/mol. The molecule has 2 saturated heterocycles. The van der Waals surface area contributed by atoms with Crippen molar-refractivity contribution in [2.45, 2.75) is 59.9 Å². The zero-order valence-electron chi connectivity index (χ0n) is 41.1. The lowest BCUT2D eigenvalue weighted by Crippen LogP contribution is -2.30. The van der Waals surface area contributed by atoms with Gasteiger partial charge in [-0.3, -0.25) is 25.1 Å². The molecule has 0 aromatic heterocycles. The van der Waals surface area contributed by atoms with Crippen molar-refractivity contribution in [3.63, 3.8) is 0 Å². The molecule has 12 heteroatoms.